The molecule has 0 amide bonds. The minimum atomic E-state index is -4.32. The van der Waals surface area contributed by atoms with Crippen molar-refractivity contribution in [2.75, 3.05) is 6.54 Å². The molecule has 0 aromatic heterocycles. The lowest BCUT2D eigenvalue weighted by Crippen LogP contribution is -2.51. The summed E-state index contributed by atoms with van der Waals surface area (Å²) in [6, 6.07) is 8.27. The molecule has 0 aliphatic rings. The zero-order valence-corrected chi connectivity index (χ0v) is 10.8. The van der Waals surface area contributed by atoms with Crippen molar-refractivity contribution in [3.05, 3.63) is 30.3 Å². The maximum atomic E-state index is 12.5. The number of benzene rings is 1. The van der Waals surface area contributed by atoms with Crippen LogP contribution >= 0.6 is 0 Å². The Labute approximate surface area is 110 Å². The van der Waals surface area contributed by atoms with Crippen LogP contribution in [0.15, 0.2) is 35.3 Å². The van der Waals surface area contributed by atoms with Crippen molar-refractivity contribution < 1.29 is 13.2 Å². The number of guanidine groups is 1. The van der Waals surface area contributed by atoms with Gasteiger partial charge in [0.1, 0.15) is 6.54 Å². The number of alkyl halides is 3. The van der Waals surface area contributed by atoms with Gasteiger partial charge in [-0.1, -0.05) is 18.2 Å². The summed E-state index contributed by atoms with van der Waals surface area (Å²) in [5.41, 5.74) is 2.76. The SMILES string of the molecule is CC(C)N(CC(F)(F)F)C(=Nc1ccccc1)NN. The molecule has 4 nitrogen and oxygen atoms in total. The molecule has 0 fully saturated rings. The fourth-order valence-electron chi connectivity index (χ4n) is 1.50. The smallest absolute Gasteiger partial charge is 0.330 e. The van der Waals surface area contributed by atoms with Crippen molar-refractivity contribution in [2.45, 2.75) is 26.1 Å². The van der Waals surface area contributed by atoms with Gasteiger partial charge in [-0.2, -0.15) is 13.2 Å². The van der Waals surface area contributed by atoms with Gasteiger partial charge in [0, 0.05) is 6.04 Å². The van der Waals surface area contributed by atoms with Gasteiger partial charge >= 0.3 is 6.18 Å². The van der Waals surface area contributed by atoms with E-state index in [9.17, 15) is 13.2 Å². The van der Waals surface area contributed by atoms with Gasteiger partial charge in [0.2, 0.25) is 5.96 Å². The van der Waals surface area contributed by atoms with E-state index in [4.69, 9.17) is 5.84 Å². The van der Waals surface area contributed by atoms with E-state index in [1.165, 1.54) is 0 Å². The normalized spacial score (nSPS) is 12.7. The predicted octanol–water partition coefficient (Wildman–Crippen LogP) is 2.41. The number of para-hydroxylation sites is 1. The maximum absolute atomic E-state index is 12.5. The Balaban J connectivity index is 3.00. The van der Waals surface area contributed by atoms with Crippen molar-refractivity contribution in [3.63, 3.8) is 0 Å². The highest BCUT2D eigenvalue weighted by atomic mass is 19.4. The molecule has 0 aliphatic heterocycles. The molecular weight excluding hydrogens is 257 g/mol. The second-order valence-electron chi connectivity index (χ2n) is 4.25. The first-order chi connectivity index (χ1) is 8.83. The van der Waals surface area contributed by atoms with E-state index in [0.29, 0.717) is 5.69 Å². The average molecular weight is 274 g/mol. The Kier molecular flexibility index (Phi) is 5.17. The lowest BCUT2D eigenvalue weighted by Gasteiger charge is -2.30. The first kappa shape index (κ1) is 15.3. The van der Waals surface area contributed by atoms with Gasteiger partial charge in [-0.3, -0.25) is 5.43 Å². The van der Waals surface area contributed by atoms with Crippen LogP contribution in [0, 0.1) is 0 Å². The van der Waals surface area contributed by atoms with Gasteiger partial charge in [-0.15, -0.1) is 0 Å². The van der Waals surface area contributed by atoms with Gasteiger partial charge in [0.15, 0.2) is 0 Å². The number of hydrogen-bond donors (Lipinski definition) is 2. The molecule has 0 bridgehead atoms. The number of hydrogen-bond acceptors (Lipinski definition) is 2. The molecule has 0 radical (unpaired) electrons. The number of nitrogens with two attached hydrogens (primary N) is 1. The van der Waals surface area contributed by atoms with Crippen LogP contribution in [-0.2, 0) is 0 Å². The fraction of sp³-hybridized carbons (Fsp3) is 0.417. The summed E-state index contributed by atoms with van der Waals surface area (Å²) in [4.78, 5) is 5.15. The molecule has 1 aromatic rings. The standard InChI is InChI=1S/C12H17F3N4/c1-9(2)19(8-12(13,14)15)11(18-16)17-10-6-4-3-5-7-10/h3-7,9H,8,16H2,1-2H3,(H,17,18). The molecular formula is C12H17F3N4. The third-order valence-corrected chi connectivity index (χ3v) is 2.37. The Bertz CT molecular complexity index is 415. The highest BCUT2D eigenvalue weighted by Gasteiger charge is 2.33. The number of rotatable bonds is 3. The lowest BCUT2D eigenvalue weighted by atomic mass is 10.3. The minimum absolute atomic E-state index is 0.0153. The van der Waals surface area contributed by atoms with Crippen LogP contribution in [0.4, 0.5) is 18.9 Å². The molecule has 1 rings (SSSR count). The van der Waals surface area contributed by atoms with E-state index in [1.54, 1.807) is 44.2 Å². The molecule has 0 atom stereocenters. The van der Waals surface area contributed by atoms with Gasteiger partial charge in [-0.25, -0.2) is 10.8 Å². The summed E-state index contributed by atoms with van der Waals surface area (Å²) in [6.07, 6.45) is -4.32. The largest absolute Gasteiger partial charge is 0.406 e. The third-order valence-electron chi connectivity index (χ3n) is 2.37. The number of nitrogens with one attached hydrogen (secondary N) is 1. The Hall–Kier alpha value is -1.76. The van der Waals surface area contributed by atoms with Gasteiger partial charge in [0.25, 0.3) is 0 Å². The van der Waals surface area contributed by atoms with Crippen LogP contribution in [0.1, 0.15) is 13.8 Å². The summed E-state index contributed by atoms with van der Waals surface area (Å²) in [6.45, 7) is 2.17. The monoisotopic (exact) mass is 274 g/mol. The van der Waals surface area contributed by atoms with Crippen molar-refractivity contribution >= 4 is 11.6 Å². The molecule has 1 aromatic carbocycles. The number of aliphatic imine (C=N–C) groups is 1. The summed E-state index contributed by atoms with van der Waals surface area (Å²) in [7, 11) is 0. The molecule has 0 aliphatic carbocycles. The van der Waals surface area contributed by atoms with Crippen molar-refractivity contribution in [3.8, 4) is 0 Å². The molecule has 3 N–H and O–H groups in total. The fourth-order valence-corrected chi connectivity index (χ4v) is 1.50. The second-order valence-corrected chi connectivity index (χ2v) is 4.25. The average Bonchev–Trinajstić information content (AvgIpc) is 2.33. The van der Waals surface area contributed by atoms with E-state index in [1.807, 2.05) is 0 Å². The third kappa shape index (κ3) is 5.17. The number of halogens is 3. The molecule has 0 saturated heterocycles. The van der Waals surface area contributed by atoms with Crippen molar-refractivity contribution in [1.82, 2.24) is 10.3 Å². The zero-order chi connectivity index (χ0) is 14.5. The minimum Gasteiger partial charge on any atom is -0.330 e. The van der Waals surface area contributed by atoms with E-state index in [-0.39, 0.29) is 12.0 Å². The van der Waals surface area contributed by atoms with Crippen LogP contribution < -0.4 is 11.3 Å². The number of hydrazine groups is 1. The summed E-state index contributed by atoms with van der Waals surface area (Å²) < 4.78 is 37.6. The zero-order valence-electron chi connectivity index (χ0n) is 10.8. The lowest BCUT2D eigenvalue weighted by molar-refractivity contribution is -0.140. The topological polar surface area (TPSA) is 53.6 Å². The molecule has 7 heteroatoms. The highest BCUT2D eigenvalue weighted by Crippen LogP contribution is 2.19. The quantitative estimate of drug-likeness (QED) is 0.385. The Morgan fingerprint density at radius 2 is 1.89 bits per heavy atom. The van der Waals surface area contributed by atoms with Crippen LogP contribution in [-0.4, -0.2) is 29.6 Å². The number of nitrogens with zero attached hydrogens (tertiary/aromatic N) is 2. The van der Waals surface area contributed by atoms with Crippen LogP contribution in [0.3, 0.4) is 0 Å². The van der Waals surface area contributed by atoms with Gasteiger partial charge < -0.3 is 4.90 Å². The van der Waals surface area contributed by atoms with Crippen LogP contribution in [0.25, 0.3) is 0 Å². The summed E-state index contributed by atoms with van der Waals surface area (Å²) in [5, 5.41) is 0. The van der Waals surface area contributed by atoms with Crippen molar-refractivity contribution in [1.29, 1.82) is 0 Å². The van der Waals surface area contributed by atoms with Gasteiger partial charge in [0.05, 0.1) is 5.69 Å². The summed E-state index contributed by atoms with van der Waals surface area (Å²) in [5.74, 6) is 5.27. The molecule has 106 valence electrons. The van der Waals surface area contributed by atoms with Gasteiger partial charge in [-0.05, 0) is 26.0 Å². The van der Waals surface area contributed by atoms with E-state index in [0.717, 1.165) is 4.90 Å². The van der Waals surface area contributed by atoms with Crippen LogP contribution in [0.2, 0.25) is 0 Å². The van der Waals surface area contributed by atoms with Crippen molar-refractivity contribution in [2.24, 2.45) is 10.8 Å². The van der Waals surface area contributed by atoms with E-state index >= 15 is 0 Å². The molecule has 0 spiro atoms. The first-order valence-electron chi connectivity index (χ1n) is 5.77. The first-order valence-corrected chi connectivity index (χ1v) is 5.77. The predicted molar refractivity (Wildman–Crippen MR) is 68.8 cm³/mol. The molecule has 19 heavy (non-hydrogen) atoms. The molecule has 0 saturated carbocycles. The second kappa shape index (κ2) is 6.42. The maximum Gasteiger partial charge on any atom is 0.406 e. The molecule has 0 unspecified atom stereocenters. The van der Waals surface area contributed by atoms with E-state index < -0.39 is 12.7 Å². The Morgan fingerprint density at radius 3 is 2.32 bits per heavy atom. The van der Waals surface area contributed by atoms with E-state index in [2.05, 4.69) is 10.4 Å². The Morgan fingerprint density at radius 1 is 1.32 bits per heavy atom. The molecule has 0 heterocycles. The highest BCUT2D eigenvalue weighted by molar-refractivity contribution is 5.82. The summed E-state index contributed by atoms with van der Waals surface area (Å²) >= 11 is 0. The van der Waals surface area contributed by atoms with Crippen LogP contribution in [0.5, 0.6) is 0 Å².